The van der Waals surface area contributed by atoms with Crippen molar-refractivity contribution in [3.05, 3.63) is 0 Å². The second-order valence-corrected chi connectivity index (χ2v) is 4.15. The topological polar surface area (TPSA) is 92.4 Å². The van der Waals surface area contributed by atoms with E-state index >= 15 is 0 Å². The van der Waals surface area contributed by atoms with E-state index in [1.807, 2.05) is 0 Å². The van der Waals surface area contributed by atoms with Gasteiger partial charge in [-0.2, -0.15) is 0 Å². The molecule has 0 heterocycles. The molecule has 0 aromatic heterocycles. The summed E-state index contributed by atoms with van der Waals surface area (Å²) >= 11 is 0. The van der Waals surface area contributed by atoms with Gasteiger partial charge in [0.25, 0.3) is 0 Å². The number of carbonyl (C=O) groups is 2. The van der Waals surface area contributed by atoms with Crippen molar-refractivity contribution < 1.29 is 14.7 Å². The molecule has 4 N–H and O–H groups in total. The predicted molar refractivity (Wildman–Crippen MR) is 66.6 cm³/mol. The smallest absolute Gasteiger partial charge is 0.303 e. The Morgan fingerprint density at radius 1 is 0.941 bits per heavy atom. The lowest BCUT2D eigenvalue weighted by atomic mass is 10.1. The number of unbranched alkanes of at least 4 members (excludes halogenated alkanes) is 4. The van der Waals surface area contributed by atoms with E-state index in [0.717, 1.165) is 38.5 Å². The van der Waals surface area contributed by atoms with Crippen molar-refractivity contribution in [1.29, 1.82) is 0 Å². The molecule has 0 saturated carbocycles. The average molecular weight is 244 g/mol. The molecule has 0 fully saturated rings. The van der Waals surface area contributed by atoms with Crippen molar-refractivity contribution in [3.63, 3.8) is 0 Å². The Hall–Kier alpha value is -1.10. The summed E-state index contributed by atoms with van der Waals surface area (Å²) in [6.45, 7) is 1.32. The number of nitrogens with one attached hydrogen (secondary N) is 1. The molecule has 1 amide bonds. The lowest BCUT2D eigenvalue weighted by Gasteiger charge is -2.04. The van der Waals surface area contributed by atoms with Crippen LogP contribution < -0.4 is 11.1 Å². The Balaban J connectivity index is 3.16. The fourth-order valence-electron chi connectivity index (χ4n) is 1.50. The highest BCUT2D eigenvalue weighted by Gasteiger charge is 2.00. The molecule has 0 aliphatic heterocycles. The second kappa shape index (κ2) is 11.4. The van der Waals surface area contributed by atoms with Crippen LogP contribution in [0.3, 0.4) is 0 Å². The zero-order chi connectivity index (χ0) is 12.9. The summed E-state index contributed by atoms with van der Waals surface area (Å²) in [4.78, 5) is 21.5. The van der Waals surface area contributed by atoms with Crippen LogP contribution in [0.15, 0.2) is 0 Å². The summed E-state index contributed by atoms with van der Waals surface area (Å²) in [6.07, 6.45) is 6.05. The zero-order valence-corrected chi connectivity index (χ0v) is 10.4. The van der Waals surface area contributed by atoms with Crippen LogP contribution in [0.5, 0.6) is 0 Å². The molecule has 5 heteroatoms. The predicted octanol–water partition coefficient (Wildman–Crippen LogP) is 1.27. The second-order valence-electron chi connectivity index (χ2n) is 4.15. The van der Waals surface area contributed by atoms with Crippen molar-refractivity contribution in [2.45, 2.75) is 51.4 Å². The van der Waals surface area contributed by atoms with Gasteiger partial charge in [0.1, 0.15) is 0 Å². The van der Waals surface area contributed by atoms with Gasteiger partial charge in [-0.15, -0.1) is 0 Å². The van der Waals surface area contributed by atoms with Crippen LogP contribution in [0.2, 0.25) is 0 Å². The van der Waals surface area contributed by atoms with Crippen molar-refractivity contribution in [1.82, 2.24) is 5.32 Å². The average Bonchev–Trinajstić information content (AvgIpc) is 2.28. The minimum Gasteiger partial charge on any atom is -0.481 e. The van der Waals surface area contributed by atoms with Crippen molar-refractivity contribution >= 4 is 11.9 Å². The van der Waals surface area contributed by atoms with E-state index in [1.54, 1.807) is 0 Å². The van der Waals surface area contributed by atoms with E-state index in [2.05, 4.69) is 5.32 Å². The van der Waals surface area contributed by atoms with E-state index < -0.39 is 5.97 Å². The highest BCUT2D eigenvalue weighted by atomic mass is 16.4. The van der Waals surface area contributed by atoms with E-state index in [1.165, 1.54) is 0 Å². The maximum absolute atomic E-state index is 11.3. The van der Waals surface area contributed by atoms with Crippen molar-refractivity contribution in [3.8, 4) is 0 Å². The van der Waals surface area contributed by atoms with Gasteiger partial charge in [0, 0.05) is 19.4 Å². The fourth-order valence-corrected chi connectivity index (χ4v) is 1.50. The number of amides is 1. The Kier molecular flexibility index (Phi) is 10.7. The SMILES string of the molecule is NCCCCC(=O)NCCCCCCC(=O)O. The van der Waals surface area contributed by atoms with Gasteiger partial charge in [-0.3, -0.25) is 9.59 Å². The van der Waals surface area contributed by atoms with Crippen LogP contribution in [0.25, 0.3) is 0 Å². The first kappa shape index (κ1) is 15.9. The number of aliphatic carboxylic acids is 1. The Morgan fingerprint density at radius 3 is 2.24 bits per heavy atom. The normalized spacial score (nSPS) is 10.2. The molecule has 0 radical (unpaired) electrons. The molecule has 0 rings (SSSR count). The van der Waals surface area contributed by atoms with E-state index in [0.29, 0.717) is 19.5 Å². The molecular weight excluding hydrogens is 220 g/mol. The number of hydrogen-bond acceptors (Lipinski definition) is 3. The quantitative estimate of drug-likeness (QED) is 0.477. The van der Waals surface area contributed by atoms with Crippen LogP contribution in [0.4, 0.5) is 0 Å². The number of carboxylic acid groups (broad SMARTS) is 1. The van der Waals surface area contributed by atoms with Crippen LogP contribution in [-0.2, 0) is 9.59 Å². The van der Waals surface area contributed by atoms with Crippen molar-refractivity contribution in [2.75, 3.05) is 13.1 Å². The first-order valence-electron chi connectivity index (χ1n) is 6.35. The van der Waals surface area contributed by atoms with Gasteiger partial charge in [-0.1, -0.05) is 12.8 Å². The Bertz CT molecular complexity index is 220. The summed E-state index contributed by atoms with van der Waals surface area (Å²) in [7, 11) is 0. The summed E-state index contributed by atoms with van der Waals surface area (Å²) < 4.78 is 0. The van der Waals surface area contributed by atoms with Gasteiger partial charge in [0.05, 0.1) is 0 Å². The van der Waals surface area contributed by atoms with Crippen LogP contribution >= 0.6 is 0 Å². The molecule has 0 atom stereocenters. The lowest BCUT2D eigenvalue weighted by Crippen LogP contribution is -2.24. The molecular formula is C12H24N2O3. The van der Waals surface area contributed by atoms with Crippen LogP contribution in [-0.4, -0.2) is 30.1 Å². The number of carboxylic acids is 1. The summed E-state index contributed by atoms with van der Waals surface area (Å²) in [5, 5.41) is 11.3. The largest absolute Gasteiger partial charge is 0.481 e. The monoisotopic (exact) mass is 244 g/mol. The zero-order valence-electron chi connectivity index (χ0n) is 10.4. The number of nitrogens with two attached hydrogens (primary N) is 1. The minimum absolute atomic E-state index is 0.0870. The first-order chi connectivity index (χ1) is 8.16. The van der Waals surface area contributed by atoms with Gasteiger partial charge in [0.2, 0.25) is 5.91 Å². The number of rotatable bonds is 11. The molecule has 0 unspecified atom stereocenters. The molecule has 17 heavy (non-hydrogen) atoms. The summed E-state index contributed by atoms with van der Waals surface area (Å²) in [5.74, 6) is -0.651. The molecule has 0 bridgehead atoms. The van der Waals surface area contributed by atoms with E-state index in [9.17, 15) is 9.59 Å². The summed E-state index contributed by atoms with van der Waals surface area (Å²) in [5.41, 5.74) is 5.33. The molecule has 0 aliphatic rings. The molecule has 0 aromatic carbocycles. The van der Waals surface area contributed by atoms with E-state index in [-0.39, 0.29) is 12.3 Å². The number of hydrogen-bond donors (Lipinski definition) is 3. The molecule has 100 valence electrons. The molecule has 0 spiro atoms. The van der Waals surface area contributed by atoms with Gasteiger partial charge < -0.3 is 16.2 Å². The molecule has 0 saturated heterocycles. The van der Waals surface area contributed by atoms with Gasteiger partial charge in [0.15, 0.2) is 0 Å². The third-order valence-corrected chi connectivity index (χ3v) is 2.50. The Morgan fingerprint density at radius 2 is 1.59 bits per heavy atom. The highest BCUT2D eigenvalue weighted by molar-refractivity contribution is 5.75. The molecule has 5 nitrogen and oxygen atoms in total. The van der Waals surface area contributed by atoms with Crippen LogP contribution in [0, 0.1) is 0 Å². The highest BCUT2D eigenvalue weighted by Crippen LogP contribution is 2.02. The third kappa shape index (κ3) is 12.8. The lowest BCUT2D eigenvalue weighted by molar-refractivity contribution is -0.137. The van der Waals surface area contributed by atoms with E-state index in [4.69, 9.17) is 10.8 Å². The minimum atomic E-state index is -0.738. The van der Waals surface area contributed by atoms with Crippen molar-refractivity contribution in [2.24, 2.45) is 5.73 Å². The van der Waals surface area contributed by atoms with Gasteiger partial charge in [-0.25, -0.2) is 0 Å². The summed E-state index contributed by atoms with van der Waals surface area (Å²) in [6, 6.07) is 0. The molecule has 0 aliphatic carbocycles. The van der Waals surface area contributed by atoms with Gasteiger partial charge >= 0.3 is 5.97 Å². The first-order valence-corrected chi connectivity index (χ1v) is 6.35. The molecule has 0 aromatic rings. The Labute approximate surface area is 103 Å². The number of carbonyl (C=O) groups excluding carboxylic acids is 1. The van der Waals surface area contributed by atoms with Gasteiger partial charge in [-0.05, 0) is 32.2 Å². The maximum atomic E-state index is 11.3. The third-order valence-electron chi connectivity index (χ3n) is 2.50. The van der Waals surface area contributed by atoms with Crippen LogP contribution in [0.1, 0.15) is 51.4 Å². The fraction of sp³-hybridized carbons (Fsp3) is 0.833. The maximum Gasteiger partial charge on any atom is 0.303 e. The standard InChI is InChI=1S/C12H24N2O3/c13-9-5-4-7-11(15)14-10-6-2-1-3-8-12(16)17/h1-10,13H2,(H,14,15)(H,16,17).